The Balaban J connectivity index is 2.43. The Morgan fingerprint density at radius 3 is 2.43 bits per heavy atom. The molecule has 9 heteroatoms. The lowest BCUT2D eigenvalue weighted by atomic mass is 10.3. The number of methoxy groups -OCH3 is 2. The fourth-order valence-corrected chi connectivity index (χ4v) is 2.94. The number of benzene rings is 1. The van der Waals surface area contributed by atoms with Gasteiger partial charge >= 0.3 is 0 Å². The molecule has 2 aromatic rings. The molecule has 1 aromatic heterocycles. The third-order valence-electron chi connectivity index (χ3n) is 2.69. The Labute approximate surface area is 127 Å². The zero-order valence-corrected chi connectivity index (χ0v) is 13.2. The number of anilines is 1. The van der Waals surface area contributed by atoms with Gasteiger partial charge in [-0.2, -0.15) is 8.42 Å². The van der Waals surface area contributed by atoms with Crippen LogP contribution in [0.1, 0.15) is 5.82 Å². The summed E-state index contributed by atoms with van der Waals surface area (Å²) in [5.74, 6) is 1.10. The average molecular weight is 332 g/mol. The molecule has 0 unspecified atom stereocenters. The van der Waals surface area contributed by atoms with Crippen molar-refractivity contribution in [2.24, 2.45) is 0 Å². The van der Waals surface area contributed by atoms with Gasteiger partial charge in [-0.3, -0.25) is 4.72 Å². The van der Waals surface area contributed by atoms with E-state index in [2.05, 4.69) is 14.7 Å². The number of nitrogens with one attached hydrogen (secondary N) is 2. The minimum atomic E-state index is -3.81. The summed E-state index contributed by atoms with van der Waals surface area (Å²) in [6.07, 6.45) is 1.23. The van der Waals surface area contributed by atoms with Crippen molar-refractivity contribution in [2.75, 3.05) is 18.9 Å². The lowest BCUT2D eigenvalue weighted by molar-refractivity contribution is 0.405. The van der Waals surface area contributed by atoms with Gasteiger partial charge in [-0.05, 0) is 6.92 Å². The van der Waals surface area contributed by atoms with Crippen LogP contribution >= 0.6 is 11.6 Å². The maximum Gasteiger partial charge on any atom is 0.279 e. The van der Waals surface area contributed by atoms with Crippen LogP contribution in [0.25, 0.3) is 0 Å². The van der Waals surface area contributed by atoms with E-state index in [4.69, 9.17) is 21.1 Å². The van der Waals surface area contributed by atoms with Crippen LogP contribution in [0.3, 0.4) is 0 Å². The van der Waals surface area contributed by atoms with Crippen molar-refractivity contribution in [2.45, 2.75) is 11.9 Å². The van der Waals surface area contributed by atoms with Crippen LogP contribution in [0.15, 0.2) is 23.4 Å². The van der Waals surface area contributed by atoms with Crippen molar-refractivity contribution in [1.82, 2.24) is 9.97 Å². The molecule has 0 aliphatic heterocycles. The summed E-state index contributed by atoms with van der Waals surface area (Å²) in [4.78, 5) is 6.52. The number of aromatic nitrogens is 2. The number of hydrogen-bond acceptors (Lipinski definition) is 5. The van der Waals surface area contributed by atoms with E-state index < -0.39 is 10.0 Å². The fraction of sp³-hybridized carbons (Fsp3) is 0.250. The van der Waals surface area contributed by atoms with Crippen molar-refractivity contribution in [1.29, 1.82) is 0 Å². The van der Waals surface area contributed by atoms with Gasteiger partial charge in [-0.15, -0.1) is 0 Å². The van der Waals surface area contributed by atoms with Crippen LogP contribution in [0.5, 0.6) is 11.5 Å². The van der Waals surface area contributed by atoms with E-state index in [0.717, 1.165) is 0 Å². The Morgan fingerprint density at radius 1 is 1.24 bits per heavy atom. The van der Waals surface area contributed by atoms with Crippen molar-refractivity contribution in [3.05, 3.63) is 29.2 Å². The topological polar surface area (TPSA) is 93.3 Å². The second-order valence-corrected chi connectivity index (χ2v) is 6.18. The van der Waals surface area contributed by atoms with Crippen molar-refractivity contribution in [3.8, 4) is 11.5 Å². The number of nitrogens with zero attached hydrogens (tertiary/aromatic N) is 1. The van der Waals surface area contributed by atoms with Crippen molar-refractivity contribution < 1.29 is 17.9 Å². The molecule has 1 heterocycles. The van der Waals surface area contributed by atoms with Crippen LogP contribution in [-0.2, 0) is 10.0 Å². The molecule has 2 N–H and O–H groups in total. The first-order chi connectivity index (χ1) is 9.87. The molecule has 0 amide bonds. The number of halogens is 1. The maximum atomic E-state index is 12.3. The minimum Gasteiger partial charge on any atom is -0.495 e. The van der Waals surface area contributed by atoms with Gasteiger partial charge in [0, 0.05) is 12.1 Å². The van der Waals surface area contributed by atoms with Crippen LogP contribution in [0, 0.1) is 6.92 Å². The van der Waals surface area contributed by atoms with Gasteiger partial charge in [0.25, 0.3) is 10.0 Å². The van der Waals surface area contributed by atoms with Gasteiger partial charge in [-0.25, -0.2) is 4.98 Å². The third kappa shape index (κ3) is 3.22. The molecule has 0 aliphatic rings. The van der Waals surface area contributed by atoms with Crippen molar-refractivity contribution in [3.63, 3.8) is 0 Å². The number of ether oxygens (including phenoxy) is 2. The van der Waals surface area contributed by atoms with Crippen LogP contribution < -0.4 is 14.2 Å². The molecule has 0 atom stereocenters. The molecule has 0 saturated heterocycles. The summed E-state index contributed by atoms with van der Waals surface area (Å²) in [7, 11) is -0.962. The summed E-state index contributed by atoms with van der Waals surface area (Å²) >= 11 is 5.97. The van der Waals surface area contributed by atoms with E-state index in [-0.39, 0.29) is 16.5 Å². The van der Waals surface area contributed by atoms with E-state index in [1.165, 1.54) is 32.5 Å². The van der Waals surface area contributed by atoms with Crippen LogP contribution in [-0.4, -0.2) is 32.6 Å². The second kappa shape index (κ2) is 5.82. The predicted molar refractivity (Wildman–Crippen MR) is 78.7 cm³/mol. The molecular weight excluding hydrogens is 318 g/mol. The van der Waals surface area contributed by atoms with Gasteiger partial charge < -0.3 is 14.5 Å². The molecule has 7 nitrogen and oxygen atoms in total. The first-order valence-corrected chi connectivity index (χ1v) is 7.69. The third-order valence-corrected chi connectivity index (χ3v) is 4.26. The highest BCUT2D eigenvalue weighted by Gasteiger charge is 2.20. The first kappa shape index (κ1) is 15.5. The molecule has 0 bridgehead atoms. The largest absolute Gasteiger partial charge is 0.495 e. The fourth-order valence-electron chi connectivity index (χ4n) is 1.67. The second-order valence-electron chi connectivity index (χ2n) is 4.13. The summed E-state index contributed by atoms with van der Waals surface area (Å²) in [6, 6.07) is 2.92. The molecule has 1 aromatic carbocycles. The van der Waals surface area contributed by atoms with Gasteiger partial charge in [0.05, 0.1) is 31.1 Å². The smallest absolute Gasteiger partial charge is 0.279 e. The van der Waals surface area contributed by atoms with Gasteiger partial charge in [0.15, 0.2) is 5.03 Å². The van der Waals surface area contributed by atoms with E-state index in [9.17, 15) is 8.42 Å². The quantitative estimate of drug-likeness (QED) is 0.876. The number of aromatic amines is 1. The highest BCUT2D eigenvalue weighted by molar-refractivity contribution is 7.92. The number of aryl methyl sites for hydroxylation is 1. The molecule has 0 spiro atoms. The lowest BCUT2D eigenvalue weighted by Crippen LogP contribution is -2.14. The lowest BCUT2D eigenvalue weighted by Gasteiger charge is -2.13. The molecule has 0 radical (unpaired) electrons. The number of sulfonamides is 1. The Morgan fingerprint density at radius 2 is 1.90 bits per heavy atom. The highest BCUT2D eigenvalue weighted by atomic mass is 35.5. The zero-order valence-electron chi connectivity index (χ0n) is 11.6. The van der Waals surface area contributed by atoms with Crippen molar-refractivity contribution >= 4 is 27.3 Å². The summed E-state index contributed by atoms with van der Waals surface area (Å²) < 4.78 is 37.1. The number of rotatable bonds is 5. The summed E-state index contributed by atoms with van der Waals surface area (Å²) in [5.41, 5.74) is 0.214. The Bertz CT molecular complexity index is 758. The molecule has 0 aliphatic carbocycles. The molecule has 0 saturated carbocycles. The van der Waals surface area contributed by atoms with Gasteiger partial charge in [0.1, 0.15) is 17.3 Å². The van der Waals surface area contributed by atoms with Gasteiger partial charge in [-0.1, -0.05) is 11.6 Å². The first-order valence-electron chi connectivity index (χ1n) is 5.83. The van der Waals surface area contributed by atoms with E-state index >= 15 is 0 Å². The molecule has 0 fully saturated rings. The molecule has 21 heavy (non-hydrogen) atoms. The van der Waals surface area contributed by atoms with E-state index in [0.29, 0.717) is 16.6 Å². The molecule has 2 rings (SSSR count). The summed E-state index contributed by atoms with van der Waals surface area (Å²) in [5, 5.41) is 0.269. The minimum absolute atomic E-state index is 0.0454. The number of hydrogen-bond donors (Lipinski definition) is 2. The number of imidazole rings is 1. The predicted octanol–water partition coefficient (Wildman–Crippen LogP) is 2.19. The maximum absolute atomic E-state index is 12.3. The number of H-pyrrole nitrogens is 1. The average Bonchev–Trinajstić information content (AvgIpc) is 2.87. The monoisotopic (exact) mass is 331 g/mol. The zero-order chi connectivity index (χ0) is 15.6. The molecule has 114 valence electrons. The standard InChI is InChI=1S/C12H14ClN3O4S/c1-7-14-6-12(15-7)21(17,18)16-9-5-10(19-2)8(13)4-11(9)20-3/h4-6,16H,1-3H3,(H,14,15). The summed E-state index contributed by atoms with van der Waals surface area (Å²) in [6.45, 7) is 1.66. The Hall–Kier alpha value is -1.93. The SMILES string of the molecule is COc1cc(NS(=O)(=O)c2cnc(C)[nH]2)c(OC)cc1Cl. The normalized spacial score (nSPS) is 11.2. The van der Waals surface area contributed by atoms with E-state index in [1.54, 1.807) is 6.92 Å². The van der Waals surface area contributed by atoms with Crippen LogP contribution in [0.4, 0.5) is 5.69 Å². The highest BCUT2D eigenvalue weighted by Crippen LogP contribution is 2.36. The van der Waals surface area contributed by atoms with Gasteiger partial charge in [0.2, 0.25) is 0 Å². The Kier molecular flexibility index (Phi) is 4.29. The van der Waals surface area contributed by atoms with Crippen LogP contribution in [0.2, 0.25) is 5.02 Å². The van der Waals surface area contributed by atoms with E-state index in [1.807, 2.05) is 0 Å². The molecular formula is C12H14ClN3O4S.